The molecule has 0 aliphatic rings. The van der Waals surface area contributed by atoms with Crippen molar-refractivity contribution in [2.45, 2.75) is 51.2 Å². The van der Waals surface area contributed by atoms with Crippen LogP contribution in [-0.4, -0.2) is 43.6 Å². The minimum Gasteiger partial charge on any atom is -0.493 e. The van der Waals surface area contributed by atoms with Gasteiger partial charge >= 0.3 is 0 Å². The van der Waals surface area contributed by atoms with Crippen molar-refractivity contribution in [3.63, 3.8) is 0 Å². The largest absolute Gasteiger partial charge is 0.493 e. The van der Waals surface area contributed by atoms with Crippen molar-refractivity contribution in [3.8, 4) is 11.5 Å². The summed E-state index contributed by atoms with van der Waals surface area (Å²) in [7, 11) is -0.109. The first-order chi connectivity index (χ1) is 15.3. The lowest BCUT2D eigenvalue weighted by Crippen LogP contribution is -2.20. The van der Waals surface area contributed by atoms with E-state index in [-0.39, 0.29) is 4.90 Å². The highest BCUT2D eigenvalue weighted by Gasteiger charge is 2.16. The normalized spacial score (nSPS) is 11.9. The van der Waals surface area contributed by atoms with Crippen LogP contribution >= 0.6 is 0 Å². The molecule has 1 aromatic heterocycles. The summed E-state index contributed by atoms with van der Waals surface area (Å²) in [5, 5.41) is 5.30. The molecule has 0 radical (unpaired) electrons. The van der Waals surface area contributed by atoms with Crippen LogP contribution in [0, 0.1) is 0 Å². The van der Waals surface area contributed by atoms with Gasteiger partial charge in [0.2, 0.25) is 10.0 Å². The molecule has 3 aromatic rings. The molecule has 0 saturated carbocycles. The van der Waals surface area contributed by atoms with E-state index in [0.29, 0.717) is 31.0 Å². The highest BCUT2D eigenvalue weighted by atomic mass is 32.2. The van der Waals surface area contributed by atoms with Crippen LogP contribution in [0.1, 0.15) is 38.1 Å². The Labute approximate surface area is 190 Å². The highest BCUT2D eigenvalue weighted by molar-refractivity contribution is 7.89. The van der Waals surface area contributed by atoms with Gasteiger partial charge < -0.3 is 14.0 Å². The van der Waals surface area contributed by atoms with Gasteiger partial charge in [-0.1, -0.05) is 19.4 Å². The first-order valence-electron chi connectivity index (χ1n) is 10.8. The lowest BCUT2D eigenvalue weighted by atomic mass is 10.2. The highest BCUT2D eigenvalue weighted by Crippen LogP contribution is 2.29. The zero-order chi connectivity index (χ0) is 23.3. The molecule has 0 amide bonds. The molecule has 0 saturated heterocycles. The van der Waals surface area contributed by atoms with Crippen LogP contribution in [0.25, 0.3) is 11.0 Å². The summed E-state index contributed by atoms with van der Waals surface area (Å²) in [6, 6.07) is 10.8. The van der Waals surface area contributed by atoms with Crippen LogP contribution in [0.2, 0.25) is 0 Å². The number of sulfonamides is 1. The number of methoxy groups -OCH3 is 1. The SMILES string of the molecule is CCCCn1c(CN(C)Cc2ccc(OCC)c(OC)c2)nc2cc(S(N)(=O)=O)ccc21. The third-order valence-electron chi connectivity index (χ3n) is 5.25. The van der Waals surface area contributed by atoms with Crippen LogP contribution < -0.4 is 14.6 Å². The Balaban J connectivity index is 1.86. The molecule has 8 nitrogen and oxygen atoms in total. The summed E-state index contributed by atoms with van der Waals surface area (Å²) in [5.74, 6) is 2.33. The number of ether oxygens (including phenoxy) is 2. The van der Waals surface area contributed by atoms with E-state index in [0.717, 1.165) is 42.0 Å². The van der Waals surface area contributed by atoms with Gasteiger partial charge in [-0.2, -0.15) is 0 Å². The fourth-order valence-electron chi connectivity index (χ4n) is 3.72. The van der Waals surface area contributed by atoms with Gasteiger partial charge in [-0.15, -0.1) is 0 Å². The summed E-state index contributed by atoms with van der Waals surface area (Å²) < 4.78 is 36.7. The molecule has 2 aromatic carbocycles. The van der Waals surface area contributed by atoms with Gasteiger partial charge in [0.15, 0.2) is 11.5 Å². The number of primary sulfonamides is 1. The summed E-state index contributed by atoms with van der Waals surface area (Å²) in [6.45, 7) is 6.79. The molecule has 0 fully saturated rings. The van der Waals surface area contributed by atoms with Gasteiger partial charge in [0.05, 0.1) is 36.2 Å². The monoisotopic (exact) mass is 460 g/mol. The van der Waals surface area contributed by atoms with Gasteiger partial charge in [-0.25, -0.2) is 18.5 Å². The van der Waals surface area contributed by atoms with Crippen LogP contribution in [-0.2, 0) is 29.7 Å². The van der Waals surface area contributed by atoms with Gasteiger partial charge in [-0.05, 0) is 56.3 Å². The van der Waals surface area contributed by atoms with Crippen molar-refractivity contribution >= 4 is 21.1 Å². The van der Waals surface area contributed by atoms with E-state index < -0.39 is 10.0 Å². The molecule has 1 heterocycles. The number of imidazole rings is 1. The Bertz CT molecular complexity index is 1170. The number of nitrogens with two attached hydrogens (primary N) is 1. The van der Waals surface area contributed by atoms with Crippen LogP contribution in [0.15, 0.2) is 41.3 Å². The van der Waals surface area contributed by atoms with E-state index in [2.05, 4.69) is 16.4 Å². The maximum absolute atomic E-state index is 11.8. The van der Waals surface area contributed by atoms with E-state index >= 15 is 0 Å². The number of benzene rings is 2. The predicted molar refractivity (Wildman–Crippen MR) is 125 cm³/mol. The molecule has 0 aliphatic carbocycles. The molecule has 32 heavy (non-hydrogen) atoms. The smallest absolute Gasteiger partial charge is 0.238 e. The molecule has 9 heteroatoms. The number of aryl methyl sites for hydroxylation is 1. The third-order valence-corrected chi connectivity index (χ3v) is 6.17. The lowest BCUT2D eigenvalue weighted by Gasteiger charge is -2.19. The molecular weight excluding hydrogens is 428 g/mol. The van der Waals surface area contributed by atoms with E-state index in [1.807, 2.05) is 32.2 Å². The molecule has 2 N–H and O–H groups in total. The van der Waals surface area contributed by atoms with E-state index in [1.54, 1.807) is 25.3 Å². The number of aromatic nitrogens is 2. The minimum atomic E-state index is -3.77. The molecule has 0 aliphatic heterocycles. The molecule has 174 valence electrons. The quantitative estimate of drug-likeness (QED) is 0.470. The molecular formula is C23H32N4O4S. The van der Waals surface area contributed by atoms with Crippen LogP contribution in [0.4, 0.5) is 0 Å². The maximum Gasteiger partial charge on any atom is 0.238 e. The Morgan fingerprint density at radius 3 is 2.53 bits per heavy atom. The number of nitrogens with zero attached hydrogens (tertiary/aromatic N) is 3. The predicted octanol–water partition coefficient (Wildman–Crippen LogP) is 3.52. The Hall–Kier alpha value is -2.62. The number of unbranched alkanes of at least 4 members (excludes halogenated alkanes) is 1. The van der Waals surface area contributed by atoms with E-state index in [4.69, 9.17) is 19.6 Å². The zero-order valence-corrected chi connectivity index (χ0v) is 20.0. The second kappa shape index (κ2) is 10.3. The van der Waals surface area contributed by atoms with Gasteiger partial charge in [0.1, 0.15) is 5.82 Å². The first-order valence-corrected chi connectivity index (χ1v) is 12.3. The second-order valence-electron chi connectivity index (χ2n) is 7.82. The number of rotatable bonds is 11. The summed E-state index contributed by atoms with van der Waals surface area (Å²) in [5.41, 5.74) is 2.65. The van der Waals surface area contributed by atoms with Crippen molar-refractivity contribution < 1.29 is 17.9 Å². The third kappa shape index (κ3) is 5.59. The molecule has 0 spiro atoms. The van der Waals surface area contributed by atoms with Crippen LogP contribution in [0.5, 0.6) is 11.5 Å². The van der Waals surface area contributed by atoms with Gasteiger partial charge in [-0.3, -0.25) is 4.90 Å². The van der Waals surface area contributed by atoms with Crippen molar-refractivity contribution in [3.05, 3.63) is 47.8 Å². The second-order valence-corrected chi connectivity index (χ2v) is 9.38. The topological polar surface area (TPSA) is 99.7 Å². The number of hydrogen-bond donors (Lipinski definition) is 1. The van der Waals surface area contributed by atoms with E-state index in [1.165, 1.54) is 0 Å². The van der Waals surface area contributed by atoms with Crippen molar-refractivity contribution in [2.75, 3.05) is 20.8 Å². The molecule has 3 rings (SSSR count). The first kappa shape index (κ1) is 24.0. The van der Waals surface area contributed by atoms with Crippen molar-refractivity contribution in [1.29, 1.82) is 0 Å². The van der Waals surface area contributed by atoms with E-state index in [9.17, 15) is 8.42 Å². The Kier molecular flexibility index (Phi) is 7.76. The number of hydrogen-bond acceptors (Lipinski definition) is 6. The van der Waals surface area contributed by atoms with Gasteiger partial charge in [0.25, 0.3) is 0 Å². The molecule has 0 atom stereocenters. The maximum atomic E-state index is 11.8. The minimum absolute atomic E-state index is 0.0755. The Morgan fingerprint density at radius 2 is 1.88 bits per heavy atom. The summed E-state index contributed by atoms with van der Waals surface area (Å²) in [4.78, 5) is 6.99. The van der Waals surface area contributed by atoms with Crippen LogP contribution in [0.3, 0.4) is 0 Å². The average molecular weight is 461 g/mol. The standard InChI is InChI=1S/C23H32N4O4S/c1-5-7-12-27-20-10-9-18(32(24,28)29)14-19(20)25-23(27)16-26(3)15-17-8-11-21(31-6-2)22(13-17)30-4/h8-11,13-14H,5-7,12,15-16H2,1-4H3,(H2,24,28,29). The zero-order valence-electron chi connectivity index (χ0n) is 19.2. The number of fused-ring (bicyclic) bond motifs is 1. The molecule has 0 unspecified atom stereocenters. The average Bonchev–Trinajstić information content (AvgIpc) is 3.08. The molecule has 0 bridgehead atoms. The fourth-order valence-corrected chi connectivity index (χ4v) is 4.25. The van der Waals surface area contributed by atoms with Crippen molar-refractivity contribution in [2.24, 2.45) is 5.14 Å². The fraction of sp³-hybridized carbons (Fsp3) is 0.435. The Morgan fingerprint density at radius 1 is 1.09 bits per heavy atom. The van der Waals surface area contributed by atoms with Gasteiger partial charge in [0, 0.05) is 13.1 Å². The summed E-state index contributed by atoms with van der Waals surface area (Å²) in [6.07, 6.45) is 2.06. The van der Waals surface area contributed by atoms with Crippen molar-refractivity contribution in [1.82, 2.24) is 14.5 Å². The summed E-state index contributed by atoms with van der Waals surface area (Å²) >= 11 is 0. The lowest BCUT2D eigenvalue weighted by molar-refractivity contribution is 0.299.